The van der Waals surface area contributed by atoms with Crippen LogP contribution in [0.4, 0.5) is 4.39 Å². The fourth-order valence-electron chi connectivity index (χ4n) is 2.19. The lowest BCUT2D eigenvalue weighted by molar-refractivity contribution is 0.00578. The van der Waals surface area contributed by atoms with Gasteiger partial charge < -0.3 is 14.0 Å². The van der Waals surface area contributed by atoms with Gasteiger partial charge in [-0.25, -0.2) is 4.39 Å². The molecule has 1 fully saturated rings. The number of rotatable bonds is 4. The molecule has 1 aliphatic rings. The third-order valence-electron chi connectivity index (χ3n) is 4.20. The summed E-state index contributed by atoms with van der Waals surface area (Å²) in [7, 11) is -0.707. The van der Waals surface area contributed by atoms with Crippen LogP contribution < -0.4 is 5.46 Å². The summed E-state index contributed by atoms with van der Waals surface area (Å²) in [6, 6.07) is 4.97. The number of benzene rings is 1. The highest BCUT2D eigenvalue weighted by Crippen LogP contribution is 2.36. The van der Waals surface area contributed by atoms with Gasteiger partial charge in [0.25, 0.3) is 0 Å². The zero-order valence-electron chi connectivity index (χ0n) is 13.7. The van der Waals surface area contributed by atoms with Crippen molar-refractivity contribution in [3.63, 3.8) is 0 Å². The Morgan fingerprint density at radius 2 is 1.71 bits per heavy atom. The van der Waals surface area contributed by atoms with Crippen molar-refractivity contribution in [2.75, 3.05) is 0 Å². The van der Waals surface area contributed by atoms with E-state index in [9.17, 15) is 4.39 Å². The Morgan fingerprint density at radius 1 is 1.14 bits per heavy atom. The Morgan fingerprint density at radius 3 is 2.24 bits per heavy atom. The highest BCUT2D eigenvalue weighted by Gasteiger charge is 2.52. The Balaban J connectivity index is 2.32. The summed E-state index contributed by atoms with van der Waals surface area (Å²) in [6.07, 6.45) is 0.0828. The number of hydrogen-bond acceptors (Lipinski definition) is 3. The molecule has 0 aromatic heterocycles. The summed E-state index contributed by atoms with van der Waals surface area (Å²) in [6.45, 7) is 12.1. The molecular weight excluding hydrogens is 270 g/mol. The van der Waals surface area contributed by atoms with Crippen LogP contribution in [0.1, 0.15) is 47.1 Å². The number of hydrogen-bond donors (Lipinski definition) is 0. The van der Waals surface area contributed by atoms with Crippen molar-refractivity contribution < 1.29 is 18.4 Å². The largest absolute Gasteiger partial charge is 0.498 e. The fraction of sp³-hybridized carbons (Fsp3) is 0.625. The monoisotopic (exact) mass is 294 g/mol. The Labute approximate surface area is 126 Å². The molecule has 0 aliphatic carbocycles. The standard InChI is InChI=1S/C16H24BFO3/c1-11(2)19-10-12-8-7-9-13(18)14(12)17-20-15(3,4)16(5,6)21-17/h7-9,11H,10H2,1-6H3. The van der Waals surface area contributed by atoms with E-state index in [1.807, 2.05) is 47.6 Å². The van der Waals surface area contributed by atoms with Gasteiger partial charge in [0.2, 0.25) is 0 Å². The Kier molecular flexibility index (Phi) is 4.48. The summed E-state index contributed by atoms with van der Waals surface area (Å²) in [4.78, 5) is 0. The molecule has 0 N–H and O–H groups in total. The first kappa shape index (κ1) is 16.5. The van der Waals surface area contributed by atoms with Gasteiger partial charge in [0, 0.05) is 5.46 Å². The molecule has 0 atom stereocenters. The molecule has 2 rings (SSSR count). The average Bonchev–Trinajstić information content (AvgIpc) is 2.55. The van der Waals surface area contributed by atoms with Gasteiger partial charge in [0.15, 0.2) is 0 Å². The molecule has 1 aliphatic heterocycles. The van der Waals surface area contributed by atoms with Crippen molar-refractivity contribution in [3.8, 4) is 0 Å². The Hall–Kier alpha value is -0.905. The van der Waals surface area contributed by atoms with E-state index in [0.29, 0.717) is 12.1 Å². The van der Waals surface area contributed by atoms with Crippen molar-refractivity contribution >= 4 is 12.6 Å². The van der Waals surface area contributed by atoms with Crippen molar-refractivity contribution in [1.82, 2.24) is 0 Å². The van der Waals surface area contributed by atoms with Crippen LogP contribution in [0.15, 0.2) is 18.2 Å². The minimum Gasteiger partial charge on any atom is -0.399 e. The van der Waals surface area contributed by atoms with Gasteiger partial charge >= 0.3 is 7.12 Å². The summed E-state index contributed by atoms with van der Waals surface area (Å²) in [5.41, 5.74) is 0.227. The maximum Gasteiger partial charge on any atom is 0.498 e. The lowest BCUT2D eigenvalue weighted by Crippen LogP contribution is -2.41. The smallest absolute Gasteiger partial charge is 0.399 e. The van der Waals surface area contributed by atoms with Crippen molar-refractivity contribution in [3.05, 3.63) is 29.6 Å². The predicted molar refractivity (Wildman–Crippen MR) is 82.0 cm³/mol. The van der Waals surface area contributed by atoms with Crippen LogP contribution in [0.2, 0.25) is 0 Å². The van der Waals surface area contributed by atoms with E-state index < -0.39 is 18.3 Å². The highest BCUT2D eigenvalue weighted by atomic mass is 19.1. The summed E-state index contributed by atoms with van der Waals surface area (Å²) < 4.78 is 31.8. The second-order valence-electron chi connectivity index (χ2n) is 6.76. The molecule has 1 aromatic carbocycles. The fourth-order valence-corrected chi connectivity index (χ4v) is 2.19. The van der Waals surface area contributed by atoms with E-state index in [-0.39, 0.29) is 11.9 Å². The maximum atomic E-state index is 14.3. The van der Waals surface area contributed by atoms with E-state index in [1.165, 1.54) is 6.07 Å². The van der Waals surface area contributed by atoms with Gasteiger partial charge in [-0.15, -0.1) is 0 Å². The molecule has 0 unspecified atom stereocenters. The number of halogens is 1. The summed E-state index contributed by atoms with van der Waals surface area (Å²) in [5, 5.41) is 0. The lowest BCUT2D eigenvalue weighted by Gasteiger charge is -2.32. The molecule has 1 heterocycles. The van der Waals surface area contributed by atoms with E-state index in [4.69, 9.17) is 14.0 Å². The van der Waals surface area contributed by atoms with Gasteiger partial charge in [0.1, 0.15) is 5.82 Å². The van der Waals surface area contributed by atoms with Crippen LogP contribution >= 0.6 is 0 Å². The molecule has 21 heavy (non-hydrogen) atoms. The van der Waals surface area contributed by atoms with Crippen LogP contribution in [0, 0.1) is 5.82 Å². The van der Waals surface area contributed by atoms with E-state index in [0.717, 1.165) is 5.56 Å². The molecule has 0 amide bonds. The second-order valence-corrected chi connectivity index (χ2v) is 6.76. The van der Waals surface area contributed by atoms with Gasteiger partial charge in [0.05, 0.1) is 23.9 Å². The molecule has 0 radical (unpaired) electrons. The number of ether oxygens (including phenoxy) is 1. The third-order valence-corrected chi connectivity index (χ3v) is 4.20. The molecule has 0 bridgehead atoms. The normalized spacial score (nSPS) is 20.3. The maximum absolute atomic E-state index is 14.3. The molecule has 3 nitrogen and oxygen atoms in total. The Bertz CT molecular complexity index is 498. The minimum absolute atomic E-state index is 0.0828. The predicted octanol–water partition coefficient (Wildman–Crippen LogP) is 3.05. The second kappa shape index (κ2) is 5.71. The van der Waals surface area contributed by atoms with Gasteiger partial charge in [-0.05, 0) is 53.2 Å². The first-order valence-corrected chi connectivity index (χ1v) is 7.38. The third kappa shape index (κ3) is 3.30. The van der Waals surface area contributed by atoms with Crippen molar-refractivity contribution in [2.24, 2.45) is 0 Å². The molecule has 5 heteroatoms. The average molecular weight is 294 g/mol. The zero-order chi connectivity index (χ0) is 15.8. The lowest BCUT2D eigenvalue weighted by atomic mass is 9.75. The molecule has 1 aromatic rings. The van der Waals surface area contributed by atoms with Crippen LogP contribution in [-0.4, -0.2) is 24.4 Å². The van der Waals surface area contributed by atoms with Gasteiger partial charge in [-0.2, -0.15) is 0 Å². The molecule has 0 saturated carbocycles. The minimum atomic E-state index is -0.707. The van der Waals surface area contributed by atoms with Crippen molar-refractivity contribution in [2.45, 2.75) is 65.5 Å². The van der Waals surface area contributed by atoms with Crippen LogP contribution in [0.5, 0.6) is 0 Å². The van der Waals surface area contributed by atoms with E-state index in [2.05, 4.69) is 0 Å². The molecule has 0 spiro atoms. The zero-order valence-corrected chi connectivity index (χ0v) is 13.7. The van der Waals surface area contributed by atoms with E-state index in [1.54, 1.807) is 6.07 Å². The summed E-state index contributed by atoms with van der Waals surface area (Å²) in [5.74, 6) is -0.321. The van der Waals surface area contributed by atoms with E-state index >= 15 is 0 Å². The molecule has 116 valence electrons. The van der Waals surface area contributed by atoms with Gasteiger partial charge in [-0.1, -0.05) is 12.1 Å². The highest BCUT2D eigenvalue weighted by molar-refractivity contribution is 6.62. The van der Waals surface area contributed by atoms with Crippen LogP contribution in [0.3, 0.4) is 0 Å². The first-order chi connectivity index (χ1) is 9.64. The van der Waals surface area contributed by atoms with Crippen LogP contribution in [0.25, 0.3) is 0 Å². The molecule has 1 saturated heterocycles. The summed E-state index contributed by atoms with van der Waals surface area (Å²) >= 11 is 0. The van der Waals surface area contributed by atoms with Crippen molar-refractivity contribution in [1.29, 1.82) is 0 Å². The van der Waals surface area contributed by atoms with Crippen LogP contribution in [-0.2, 0) is 20.7 Å². The van der Waals surface area contributed by atoms with Gasteiger partial charge in [-0.3, -0.25) is 0 Å². The SMILES string of the molecule is CC(C)OCc1cccc(F)c1B1OC(C)(C)C(C)(C)O1. The quantitative estimate of drug-likeness (QED) is 0.799. The topological polar surface area (TPSA) is 27.7 Å². The molecular formula is C16H24BFO3. The first-order valence-electron chi connectivity index (χ1n) is 7.38.